The van der Waals surface area contributed by atoms with Gasteiger partial charge in [-0.1, -0.05) is 38.1 Å². The van der Waals surface area contributed by atoms with E-state index in [0.29, 0.717) is 0 Å². The Hall–Kier alpha value is -2.88. The summed E-state index contributed by atoms with van der Waals surface area (Å²) in [6, 6.07) is 12.1. The van der Waals surface area contributed by atoms with Crippen LogP contribution < -0.4 is 10.1 Å². The molecule has 1 N–H and O–H groups in total. The van der Waals surface area contributed by atoms with Gasteiger partial charge in [-0.25, -0.2) is 9.97 Å². The summed E-state index contributed by atoms with van der Waals surface area (Å²) < 4.78 is 5.38. The standard InChI is InChI=1S/C19H19N3O.C2H6/c1-12(2)14-6-8-17-16(9-14)19(21-11-20-17)22-15-7-5-13(3)18(10-15)23-4;1-2/h5-11H,1H2,2-4H3,(H,20,21,22);1-2H3. The van der Waals surface area contributed by atoms with Crippen LogP contribution in [0, 0.1) is 6.92 Å². The van der Waals surface area contributed by atoms with Gasteiger partial charge in [0.2, 0.25) is 0 Å². The summed E-state index contributed by atoms with van der Waals surface area (Å²) in [5, 5.41) is 4.32. The molecule has 0 aliphatic carbocycles. The lowest BCUT2D eigenvalue weighted by Gasteiger charge is -2.12. The average Bonchev–Trinajstić information content (AvgIpc) is 2.64. The quantitative estimate of drug-likeness (QED) is 0.659. The minimum absolute atomic E-state index is 0.768. The number of nitrogens with one attached hydrogen (secondary N) is 1. The lowest BCUT2D eigenvalue weighted by Crippen LogP contribution is -1.97. The van der Waals surface area contributed by atoms with Crippen LogP contribution in [0.1, 0.15) is 31.9 Å². The third kappa shape index (κ3) is 4.15. The molecule has 25 heavy (non-hydrogen) atoms. The Labute approximate surface area is 149 Å². The lowest BCUT2D eigenvalue weighted by atomic mass is 10.1. The highest BCUT2D eigenvalue weighted by molar-refractivity contribution is 5.92. The van der Waals surface area contributed by atoms with Crippen LogP contribution in [-0.4, -0.2) is 17.1 Å². The molecule has 0 radical (unpaired) electrons. The second-order valence-electron chi connectivity index (χ2n) is 5.54. The van der Waals surface area contributed by atoms with E-state index in [0.717, 1.165) is 44.9 Å². The van der Waals surface area contributed by atoms with Gasteiger partial charge in [0.1, 0.15) is 17.9 Å². The number of nitrogens with zero attached hydrogens (tertiary/aromatic N) is 2. The van der Waals surface area contributed by atoms with Crippen molar-refractivity contribution >= 4 is 28.0 Å². The van der Waals surface area contributed by atoms with Gasteiger partial charge < -0.3 is 10.1 Å². The second kappa shape index (κ2) is 8.29. The van der Waals surface area contributed by atoms with Crippen LogP contribution in [0.25, 0.3) is 16.5 Å². The molecule has 0 aliphatic heterocycles. The topological polar surface area (TPSA) is 47.0 Å². The van der Waals surface area contributed by atoms with Crippen LogP contribution >= 0.6 is 0 Å². The van der Waals surface area contributed by atoms with Gasteiger partial charge in [0, 0.05) is 17.1 Å². The Balaban J connectivity index is 0.00000109. The van der Waals surface area contributed by atoms with Gasteiger partial charge in [-0.15, -0.1) is 0 Å². The number of hydrogen-bond acceptors (Lipinski definition) is 4. The fourth-order valence-electron chi connectivity index (χ4n) is 2.46. The molecule has 0 atom stereocenters. The molecular weight excluding hydrogens is 310 g/mol. The summed E-state index contributed by atoms with van der Waals surface area (Å²) in [6.45, 7) is 12.0. The van der Waals surface area contributed by atoms with E-state index in [-0.39, 0.29) is 0 Å². The molecule has 0 spiro atoms. The maximum atomic E-state index is 5.38. The van der Waals surface area contributed by atoms with Crippen molar-refractivity contribution in [1.82, 2.24) is 9.97 Å². The van der Waals surface area contributed by atoms with Crippen molar-refractivity contribution in [3.8, 4) is 5.75 Å². The number of rotatable bonds is 4. The summed E-state index contributed by atoms with van der Waals surface area (Å²) in [6.07, 6.45) is 1.57. The van der Waals surface area contributed by atoms with E-state index in [1.807, 2.05) is 58.0 Å². The molecule has 0 amide bonds. The zero-order valence-electron chi connectivity index (χ0n) is 15.6. The molecule has 0 aliphatic rings. The summed E-state index contributed by atoms with van der Waals surface area (Å²) >= 11 is 0. The van der Waals surface area contributed by atoms with E-state index in [1.54, 1.807) is 13.4 Å². The minimum atomic E-state index is 0.768. The fourth-order valence-corrected chi connectivity index (χ4v) is 2.46. The number of aromatic nitrogens is 2. The largest absolute Gasteiger partial charge is 0.496 e. The van der Waals surface area contributed by atoms with Crippen LogP contribution in [0.4, 0.5) is 11.5 Å². The first-order valence-corrected chi connectivity index (χ1v) is 8.41. The van der Waals surface area contributed by atoms with Crippen LogP contribution in [0.3, 0.4) is 0 Å². The molecule has 4 nitrogen and oxygen atoms in total. The van der Waals surface area contributed by atoms with Gasteiger partial charge in [0.15, 0.2) is 0 Å². The van der Waals surface area contributed by atoms with Gasteiger partial charge in [-0.3, -0.25) is 0 Å². The first kappa shape index (κ1) is 18.5. The molecule has 1 heterocycles. The number of allylic oxidation sites excluding steroid dienone is 1. The Morgan fingerprint density at radius 1 is 1.08 bits per heavy atom. The minimum Gasteiger partial charge on any atom is -0.496 e. The van der Waals surface area contributed by atoms with Crippen LogP contribution in [0.5, 0.6) is 5.75 Å². The summed E-state index contributed by atoms with van der Waals surface area (Å²) in [4.78, 5) is 8.71. The van der Waals surface area contributed by atoms with E-state index in [9.17, 15) is 0 Å². The second-order valence-corrected chi connectivity index (χ2v) is 5.54. The number of methoxy groups -OCH3 is 1. The van der Waals surface area contributed by atoms with E-state index >= 15 is 0 Å². The molecule has 0 unspecified atom stereocenters. The highest BCUT2D eigenvalue weighted by Crippen LogP contribution is 2.28. The molecule has 0 saturated carbocycles. The van der Waals surface area contributed by atoms with Crippen molar-refractivity contribution < 1.29 is 4.74 Å². The third-order valence-corrected chi connectivity index (χ3v) is 3.80. The van der Waals surface area contributed by atoms with E-state index in [2.05, 4.69) is 27.9 Å². The van der Waals surface area contributed by atoms with Crippen molar-refractivity contribution in [3.05, 3.63) is 60.4 Å². The maximum absolute atomic E-state index is 5.38. The van der Waals surface area contributed by atoms with Gasteiger partial charge in [0.05, 0.1) is 12.6 Å². The highest BCUT2D eigenvalue weighted by Gasteiger charge is 2.07. The number of ether oxygens (including phenoxy) is 1. The van der Waals surface area contributed by atoms with Crippen molar-refractivity contribution in [2.45, 2.75) is 27.7 Å². The zero-order valence-corrected chi connectivity index (χ0v) is 15.6. The molecule has 0 bridgehead atoms. The average molecular weight is 335 g/mol. The fraction of sp³-hybridized carbons (Fsp3) is 0.238. The number of hydrogen-bond donors (Lipinski definition) is 1. The van der Waals surface area contributed by atoms with E-state index in [4.69, 9.17) is 4.74 Å². The molecule has 130 valence electrons. The Morgan fingerprint density at radius 3 is 2.52 bits per heavy atom. The van der Waals surface area contributed by atoms with Gasteiger partial charge in [-0.2, -0.15) is 0 Å². The lowest BCUT2D eigenvalue weighted by molar-refractivity contribution is 0.412. The first-order valence-electron chi connectivity index (χ1n) is 8.41. The molecular formula is C21H25N3O. The van der Waals surface area contributed by atoms with Gasteiger partial charge >= 0.3 is 0 Å². The van der Waals surface area contributed by atoms with Crippen LogP contribution in [0.15, 0.2) is 49.3 Å². The predicted molar refractivity (Wildman–Crippen MR) is 107 cm³/mol. The normalized spacial score (nSPS) is 9.96. The monoisotopic (exact) mass is 335 g/mol. The Kier molecular flexibility index (Phi) is 6.12. The third-order valence-electron chi connectivity index (χ3n) is 3.80. The Morgan fingerprint density at radius 2 is 1.84 bits per heavy atom. The van der Waals surface area contributed by atoms with Crippen LogP contribution in [-0.2, 0) is 0 Å². The number of aryl methyl sites for hydroxylation is 1. The number of benzene rings is 2. The van der Waals surface area contributed by atoms with Crippen molar-refractivity contribution in [2.24, 2.45) is 0 Å². The van der Waals surface area contributed by atoms with E-state index in [1.165, 1.54) is 0 Å². The smallest absolute Gasteiger partial charge is 0.141 e. The Bertz CT molecular complexity index is 887. The molecule has 2 aromatic carbocycles. The number of anilines is 2. The van der Waals surface area contributed by atoms with Crippen molar-refractivity contribution in [2.75, 3.05) is 12.4 Å². The molecule has 4 heteroatoms. The van der Waals surface area contributed by atoms with Gasteiger partial charge in [-0.05, 0) is 43.2 Å². The molecule has 3 rings (SSSR count). The highest BCUT2D eigenvalue weighted by atomic mass is 16.5. The first-order chi connectivity index (χ1) is 12.1. The molecule has 3 aromatic rings. The summed E-state index contributed by atoms with van der Waals surface area (Å²) in [5.41, 5.74) is 5.01. The van der Waals surface area contributed by atoms with Gasteiger partial charge in [0.25, 0.3) is 0 Å². The summed E-state index contributed by atoms with van der Waals surface area (Å²) in [5.74, 6) is 1.61. The van der Waals surface area contributed by atoms with Crippen molar-refractivity contribution in [3.63, 3.8) is 0 Å². The SMILES string of the molecule is C=C(C)c1ccc2ncnc(Nc3ccc(C)c(OC)c3)c2c1.CC. The van der Waals surface area contributed by atoms with Crippen molar-refractivity contribution in [1.29, 1.82) is 0 Å². The maximum Gasteiger partial charge on any atom is 0.141 e. The number of fused-ring (bicyclic) bond motifs is 1. The van der Waals surface area contributed by atoms with E-state index < -0.39 is 0 Å². The molecule has 0 fully saturated rings. The predicted octanol–water partition coefficient (Wildman–Crippen LogP) is 5.75. The molecule has 0 saturated heterocycles. The molecule has 1 aromatic heterocycles. The zero-order chi connectivity index (χ0) is 18.4. The summed E-state index contributed by atoms with van der Waals surface area (Å²) in [7, 11) is 1.67. The van der Waals surface area contributed by atoms with Crippen LogP contribution in [0.2, 0.25) is 0 Å².